The Morgan fingerprint density at radius 2 is 1.85 bits per heavy atom. The highest BCUT2D eigenvalue weighted by Crippen LogP contribution is 2.31. The lowest BCUT2D eigenvalue weighted by molar-refractivity contribution is 0.0744. The number of para-hydroxylation sites is 1. The zero-order valence-corrected chi connectivity index (χ0v) is 19.6. The summed E-state index contributed by atoms with van der Waals surface area (Å²) in [5.41, 5.74) is 8.11. The molecule has 0 radical (unpaired) electrons. The standard InChI is InChI=1S/C28H30N4O/c1-18-7-10-22(15-20(18)3)26-27(30-13-12-29-26)28(33)32(17-21-8-9-21)14-11-23-16-31-25-19(2)5-4-6-24(23)25/h4-7,10,12-13,15-16,21,31H,8-9,11,14,17H2,1-3H3. The van der Waals surface area contributed by atoms with Crippen LogP contribution in [0.3, 0.4) is 0 Å². The minimum Gasteiger partial charge on any atom is -0.361 e. The number of aromatic nitrogens is 3. The third kappa shape index (κ3) is 4.40. The molecule has 2 aromatic heterocycles. The molecule has 1 aliphatic carbocycles. The second kappa shape index (κ2) is 8.81. The fraction of sp³-hybridized carbons (Fsp3) is 0.321. The average molecular weight is 439 g/mol. The molecule has 5 nitrogen and oxygen atoms in total. The number of carbonyl (C=O) groups excluding carboxylic acids is 1. The lowest BCUT2D eigenvalue weighted by Crippen LogP contribution is -2.35. The maximum Gasteiger partial charge on any atom is 0.274 e. The molecular formula is C28H30N4O. The Balaban J connectivity index is 1.43. The molecule has 0 unspecified atom stereocenters. The van der Waals surface area contributed by atoms with E-state index in [0.717, 1.165) is 18.5 Å². The van der Waals surface area contributed by atoms with Crippen LogP contribution in [0.15, 0.2) is 55.0 Å². The van der Waals surface area contributed by atoms with E-state index in [2.05, 4.69) is 72.3 Å². The van der Waals surface area contributed by atoms with Gasteiger partial charge in [-0.25, -0.2) is 4.98 Å². The average Bonchev–Trinajstić information content (AvgIpc) is 3.55. The molecule has 1 N–H and O–H groups in total. The molecule has 0 aliphatic heterocycles. The van der Waals surface area contributed by atoms with Crippen molar-refractivity contribution >= 4 is 16.8 Å². The van der Waals surface area contributed by atoms with Gasteiger partial charge in [0.15, 0.2) is 5.69 Å². The normalized spacial score (nSPS) is 13.4. The van der Waals surface area contributed by atoms with Gasteiger partial charge in [0, 0.05) is 48.1 Å². The zero-order valence-electron chi connectivity index (χ0n) is 19.6. The predicted octanol–water partition coefficient (Wildman–Crippen LogP) is 5.65. The summed E-state index contributed by atoms with van der Waals surface area (Å²) in [7, 11) is 0. The van der Waals surface area contributed by atoms with E-state index in [1.807, 2.05) is 11.0 Å². The third-order valence-corrected chi connectivity index (χ3v) is 6.80. The van der Waals surface area contributed by atoms with Crippen LogP contribution in [0.1, 0.15) is 45.6 Å². The summed E-state index contributed by atoms with van der Waals surface area (Å²) in [6.07, 6.45) is 8.57. The number of benzene rings is 2. The minimum absolute atomic E-state index is 0.0285. The van der Waals surface area contributed by atoms with Crippen molar-refractivity contribution in [3.8, 4) is 11.3 Å². The smallest absolute Gasteiger partial charge is 0.274 e. The molecule has 5 heteroatoms. The van der Waals surface area contributed by atoms with Crippen LogP contribution in [-0.4, -0.2) is 38.8 Å². The van der Waals surface area contributed by atoms with E-state index in [0.29, 0.717) is 23.9 Å². The fourth-order valence-corrected chi connectivity index (χ4v) is 4.46. The number of aryl methyl sites for hydroxylation is 3. The molecule has 33 heavy (non-hydrogen) atoms. The van der Waals surface area contributed by atoms with Crippen LogP contribution in [0, 0.1) is 26.7 Å². The molecule has 1 aliphatic rings. The molecule has 5 rings (SSSR count). The molecule has 0 saturated heterocycles. The maximum absolute atomic E-state index is 13.7. The van der Waals surface area contributed by atoms with Crippen LogP contribution in [0.4, 0.5) is 0 Å². The topological polar surface area (TPSA) is 61.9 Å². The number of H-pyrrole nitrogens is 1. The Morgan fingerprint density at radius 3 is 2.64 bits per heavy atom. The van der Waals surface area contributed by atoms with Gasteiger partial charge in [0.25, 0.3) is 5.91 Å². The molecule has 1 amide bonds. The van der Waals surface area contributed by atoms with Gasteiger partial charge in [-0.2, -0.15) is 0 Å². The molecule has 4 aromatic rings. The van der Waals surface area contributed by atoms with Crippen molar-refractivity contribution in [1.82, 2.24) is 19.9 Å². The van der Waals surface area contributed by atoms with Gasteiger partial charge in [0.2, 0.25) is 0 Å². The Morgan fingerprint density at radius 1 is 1.03 bits per heavy atom. The monoisotopic (exact) mass is 438 g/mol. The van der Waals surface area contributed by atoms with Crippen molar-refractivity contribution in [2.45, 2.75) is 40.0 Å². The first kappa shape index (κ1) is 21.4. The van der Waals surface area contributed by atoms with Crippen LogP contribution in [0.25, 0.3) is 22.2 Å². The van der Waals surface area contributed by atoms with Gasteiger partial charge in [-0.3, -0.25) is 9.78 Å². The first-order valence-electron chi connectivity index (χ1n) is 11.7. The molecule has 0 atom stereocenters. The van der Waals surface area contributed by atoms with E-state index in [1.54, 1.807) is 12.4 Å². The highest BCUT2D eigenvalue weighted by atomic mass is 16.2. The number of nitrogens with zero attached hydrogens (tertiary/aromatic N) is 3. The summed E-state index contributed by atoms with van der Waals surface area (Å²) < 4.78 is 0. The largest absolute Gasteiger partial charge is 0.361 e. The van der Waals surface area contributed by atoms with Crippen molar-refractivity contribution in [2.75, 3.05) is 13.1 Å². The molecule has 2 aromatic carbocycles. The van der Waals surface area contributed by atoms with Gasteiger partial charge in [-0.1, -0.05) is 30.3 Å². The molecule has 2 heterocycles. The highest BCUT2D eigenvalue weighted by molar-refractivity contribution is 5.98. The molecule has 168 valence electrons. The van der Waals surface area contributed by atoms with Crippen LogP contribution < -0.4 is 0 Å². The van der Waals surface area contributed by atoms with Gasteiger partial charge >= 0.3 is 0 Å². The Labute approximate surface area is 194 Å². The molecule has 0 spiro atoms. The number of fused-ring (bicyclic) bond motifs is 1. The van der Waals surface area contributed by atoms with E-state index in [9.17, 15) is 4.79 Å². The fourth-order valence-electron chi connectivity index (χ4n) is 4.46. The van der Waals surface area contributed by atoms with Gasteiger partial charge in [-0.05, 0) is 74.3 Å². The Hall–Kier alpha value is -3.47. The van der Waals surface area contributed by atoms with E-state index in [1.165, 1.54) is 46.0 Å². The zero-order chi connectivity index (χ0) is 22.9. The van der Waals surface area contributed by atoms with E-state index in [4.69, 9.17) is 0 Å². The number of aromatic amines is 1. The molecule has 1 saturated carbocycles. The van der Waals surface area contributed by atoms with Crippen molar-refractivity contribution in [3.63, 3.8) is 0 Å². The van der Waals surface area contributed by atoms with E-state index >= 15 is 0 Å². The minimum atomic E-state index is -0.0285. The van der Waals surface area contributed by atoms with Gasteiger partial charge < -0.3 is 9.88 Å². The van der Waals surface area contributed by atoms with Gasteiger partial charge in [0.1, 0.15) is 5.69 Å². The summed E-state index contributed by atoms with van der Waals surface area (Å²) >= 11 is 0. The SMILES string of the molecule is Cc1ccc(-c2nccnc2C(=O)N(CCc2c[nH]c3c(C)cccc23)CC2CC2)cc1C. The second-order valence-electron chi connectivity index (χ2n) is 9.31. The summed E-state index contributed by atoms with van der Waals surface area (Å²) in [4.78, 5) is 28.2. The Bertz CT molecular complexity index is 1320. The van der Waals surface area contributed by atoms with Crippen molar-refractivity contribution < 1.29 is 4.79 Å². The molecular weight excluding hydrogens is 408 g/mol. The van der Waals surface area contributed by atoms with Crippen LogP contribution in [-0.2, 0) is 6.42 Å². The highest BCUT2D eigenvalue weighted by Gasteiger charge is 2.29. The number of carbonyl (C=O) groups is 1. The van der Waals surface area contributed by atoms with Crippen molar-refractivity contribution in [3.05, 3.63) is 82.9 Å². The van der Waals surface area contributed by atoms with Crippen LogP contribution in [0.5, 0.6) is 0 Å². The molecule has 1 fully saturated rings. The van der Waals surface area contributed by atoms with Crippen molar-refractivity contribution in [1.29, 1.82) is 0 Å². The Kier molecular flexibility index (Phi) is 5.71. The number of rotatable bonds is 7. The second-order valence-corrected chi connectivity index (χ2v) is 9.31. The van der Waals surface area contributed by atoms with E-state index in [-0.39, 0.29) is 5.91 Å². The number of hydrogen-bond donors (Lipinski definition) is 1. The van der Waals surface area contributed by atoms with Gasteiger partial charge in [-0.15, -0.1) is 0 Å². The molecule has 0 bridgehead atoms. The number of hydrogen-bond acceptors (Lipinski definition) is 3. The number of nitrogens with one attached hydrogen (secondary N) is 1. The summed E-state index contributed by atoms with van der Waals surface area (Å²) in [6, 6.07) is 12.6. The summed E-state index contributed by atoms with van der Waals surface area (Å²) in [5, 5.41) is 1.24. The first-order valence-corrected chi connectivity index (χ1v) is 11.7. The number of amides is 1. The van der Waals surface area contributed by atoms with Gasteiger partial charge in [0.05, 0.1) is 0 Å². The maximum atomic E-state index is 13.7. The quantitative estimate of drug-likeness (QED) is 0.406. The summed E-state index contributed by atoms with van der Waals surface area (Å²) in [6.45, 7) is 7.74. The lowest BCUT2D eigenvalue weighted by Gasteiger charge is -2.23. The van der Waals surface area contributed by atoms with Crippen LogP contribution in [0.2, 0.25) is 0 Å². The lowest BCUT2D eigenvalue weighted by atomic mass is 10.0. The predicted molar refractivity (Wildman–Crippen MR) is 132 cm³/mol. The summed E-state index contributed by atoms with van der Waals surface area (Å²) in [5.74, 6) is 0.570. The van der Waals surface area contributed by atoms with Crippen LogP contribution >= 0.6 is 0 Å². The van der Waals surface area contributed by atoms with Crippen molar-refractivity contribution in [2.24, 2.45) is 5.92 Å². The third-order valence-electron chi connectivity index (χ3n) is 6.80. The van der Waals surface area contributed by atoms with E-state index < -0.39 is 0 Å². The first-order chi connectivity index (χ1) is 16.0.